The zero-order chi connectivity index (χ0) is 39.0. The minimum absolute atomic E-state index is 0.559. The molecule has 4 aromatic heterocycles. The SMILES string of the molecule is N#Cc1ccc(-c2cc(-c3ccc4oc5ccccc5c4c3)nc(-n3c4ccccc4c4ccc(-c5ccc6c(c5)c5ccccc5n6-c5ccccc5)cc43)n2)cc1. The molecule has 59 heavy (non-hydrogen) atoms. The number of hydrogen-bond acceptors (Lipinski definition) is 4. The normalized spacial score (nSPS) is 11.7. The van der Waals surface area contributed by atoms with E-state index in [9.17, 15) is 5.26 Å². The fraction of sp³-hybridized carbons (Fsp3) is 0. The van der Waals surface area contributed by atoms with Crippen LogP contribution in [-0.2, 0) is 0 Å². The summed E-state index contributed by atoms with van der Waals surface area (Å²) >= 11 is 0. The summed E-state index contributed by atoms with van der Waals surface area (Å²) in [5.41, 5.74) is 13.4. The van der Waals surface area contributed by atoms with Crippen LogP contribution >= 0.6 is 0 Å². The van der Waals surface area contributed by atoms with Crippen LogP contribution < -0.4 is 0 Å². The highest BCUT2D eigenvalue weighted by Gasteiger charge is 2.19. The van der Waals surface area contributed by atoms with Crippen molar-refractivity contribution in [1.29, 1.82) is 5.26 Å². The van der Waals surface area contributed by atoms with Crippen molar-refractivity contribution in [2.75, 3.05) is 0 Å². The quantitative estimate of drug-likeness (QED) is 0.175. The van der Waals surface area contributed by atoms with Gasteiger partial charge in [-0.05, 0) is 96.1 Å². The molecule has 12 aromatic rings. The van der Waals surface area contributed by atoms with E-state index in [0.29, 0.717) is 11.5 Å². The van der Waals surface area contributed by atoms with Crippen LogP contribution in [-0.4, -0.2) is 19.1 Å². The lowest BCUT2D eigenvalue weighted by Gasteiger charge is -2.12. The van der Waals surface area contributed by atoms with Crippen LogP contribution in [0.25, 0.3) is 111 Å². The first kappa shape index (κ1) is 32.9. The van der Waals surface area contributed by atoms with Gasteiger partial charge in [0, 0.05) is 49.1 Å². The standard InChI is InChI=1S/C53H31N5O/c54-32-33-18-20-34(21-19-33)45-31-46(37-24-27-52-44(29-37)42-14-6-9-17-51(42)59-52)56-53(55-45)58-48-16-8-4-12-39(48)41-25-22-36(30-50(41)58)35-23-26-49-43(28-35)40-13-5-7-15-47(40)57(49)38-10-2-1-3-11-38/h1-31H. The van der Waals surface area contributed by atoms with Gasteiger partial charge in [0.15, 0.2) is 0 Å². The lowest BCUT2D eigenvalue weighted by Crippen LogP contribution is -2.04. The maximum Gasteiger partial charge on any atom is 0.235 e. The van der Waals surface area contributed by atoms with Crippen molar-refractivity contribution in [3.63, 3.8) is 0 Å². The molecule has 0 saturated heterocycles. The van der Waals surface area contributed by atoms with Crippen LogP contribution in [0.1, 0.15) is 5.56 Å². The monoisotopic (exact) mass is 753 g/mol. The Kier molecular flexibility index (Phi) is 7.19. The summed E-state index contributed by atoms with van der Waals surface area (Å²) in [6, 6.07) is 67.4. The van der Waals surface area contributed by atoms with Gasteiger partial charge in [0.2, 0.25) is 5.95 Å². The van der Waals surface area contributed by atoms with Crippen molar-refractivity contribution < 1.29 is 4.42 Å². The second-order valence-electron chi connectivity index (χ2n) is 14.9. The van der Waals surface area contributed by atoms with E-state index in [1.54, 1.807) is 0 Å². The topological polar surface area (TPSA) is 72.6 Å². The van der Waals surface area contributed by atoms with Gasteiger partial charge in [0.25, 0.3) is 0 Å². The Morgan fingerprint density at radius 1 is 0.390 bits per heavy atom. The predicted molar refractivity (Wildman–Crippen MR) is 239 cm³/mol. The number of rotatable bonds is 5. The molecule has 0 bridgehead atoms. The lowest BCUT2D eigenvalue weighted by molar-refractivity contribution is 0.669. The number of nitrogens with zero attached hydrogens (tertiary/aromatic N) is 5. The number of aromatic nitrogens is 4. The molecular weight excluding hydrogens is 723 g/mol. The molecule has 0 fully saturated rings. The predicted octanol–water partition coefficient (Wildman–Crippen LogP) is 13.4. The molecule has 0 aliphatic rings. The zero-order valence-electron chi connectivity index (χ0n) is 31.5. The Bertz CT molecular complexity index is 3680. The molecule has 274 valence electrons. The van der Waals surface area contributed by atoms with Crippen molar-refractivity contribution in [3.05, 3.63) is 194 Å². The van der Waals surface area contributed by atoms with Crippen LogP contribution in [0.3, 0.4) is 0 Å². The fourth-order valence-corrected chi connectivity index (χ4v) is 8.80. The van der Waals surface area contributed by atoms with Gasteiger partial charge in [-0.2, -0.15) is 5.26 Å². The molecule has 0 unspecified atom stereocenters. The largest absolute Gasteiger partial charge is 0.456 e. The number of furan rings is 1. The molecule has 0 aliphatic heterocycles. The Balaban J connectivity index is 1.08. The van der Waals surface area contributed by atoms with Gasteiger partial charge in [-0.3, -0.25) is 4.57 Å². The van der Waals surface area contributed by atoms with E-state index < -0.39 is 0 Å². The molecular formula is C53H31N5O. The molecule has 0 N–H and O–H groups in total. The highest BCUT2D eigenvalue weighted by Crippen LogP contribution is 2.39. The Morgan fingerprint density at radius 2 is 0.949 bits per heavy atom. The highest BCUT2D eigenvalue weighted by molar-refractivity contribution is 6.12. The van der Waals surface area contributed by atoms with Crippen LogP contribution in [0.15, 0.2) is 192 Å². The Morgan fingerprint density at radius 3 is 1.75 bits per heavy atom. The van der Waals surface area contributed by atoms with E-state index in [1.807, 2.05) is 54.6 Å². The van der Waals surface area contributed by atoms with Crippen LogP contribution in [0, 0.1) is 11.3 Å². The van der Waals surface area contributed by atoms with E-state index in [4.69, 9.17) is 14.4 Å². The van der Waals surface area contributed by atoms with Gasteiger partial charge >= 0.3 is 0 Å². The third-order valence-electron chi connectivity index (χ3n) is 11.6. The van der Waals surface area contributed by atoms with Crippen LogP contribution in [0.5, 0.6) is 0 Å². The number of fused-ring (bicyclic) bond motifs is 9. The van der Waals surface area contributed by atoms with Crippen molar-refractivity contribution in [2.24, 2.45) is 0 Å². The summed E-state index contributed by atoms with van der Waals surface area (Å²) in [6.07, 6.45) is 0. The van der Waals surface area contributed by atoms with Gasteiger partial charge < -0.3 is 8.98 Å². The van der Waals surface area contributed by atoms with Gasteiger partial charge in [-0.15, -0.1) is 0 Å². The maximum absolute atomic E-state index is 9.57. The summed E-state index contributed by atoms with van der Waals surface area (Å²) in [7, 11) is 0. The van der Waals surface area contributed by atoms with Crippen molar-refractivity contribution in [2.45, 2.75) is 0 Å². The molecule has 0 atom stereocenters. The average molecular weight is 754 g/mol. The molecule has 0 spiro atoms. The zero-order valence-corrected chi connectivity index (χ0v) is 31.5. The minimum Gasteiger partial charge on any atom is -0.456 e. The first-order chi connectivity index (χ1) is 29.2. The summed E-state index contributed by atoms with van der Waals surface area (Å²) in [5.74, 6) is 0.559. The van der Waals surface area contributed by atoms with Gasteiger partial charge in [0.05, 0.1) is 45.1 Å². The number of nitriles is 1. The number of para-hydroxylation sites is 4. The second kappa shape index (κ2) is 12.9. The molecule has 4 heterocycles. The third-order valence-corrected chi connectivity index (χ3v) is 11.6. The van der Waals surface area contributed by atoms with E-state index in [-0.39, 0.29) is 0 Å². The smallest absolute Gasteiger partial charge is 0.235 e. The molecule has 12 rings (SSSR count). The van der Waals surface area contributed by atoms with E-state index in [1.165, 1.54) is 21.8 Å². The van der Waals surface area contributed by atoms with Crippen molar-refractivity contribution >= 4 is 65.6 Å². The van der Waals surface area contributed by atoms with Gasteiger partial charge in [-0.25, -0.2) is 9.97 Å². The van der Waals surface area contributed by atoms with E-state index >= 15 is 0 Å². The first-order valence-electron chi connectivity index (χ1n) is 19.6. The van der Waals surface area contributed by atoms with Gasteiger partial charge in [-0.1, -0.05) is 103 Å². The molecule has 8 aromatic carbocycles. The minimum atomic E-state index is 0.559. The van der Waals surface area contributed by atoms with Crippen molar-refractivity contribution in [3.8, 4) is 51.3 Å². The fourth-order valence-electron chi connectivity index (χ4n) is 8.80. The second-order valence-corrected chi connectivity index (χ2v) is 14.9. The first-order valence-corrected chi connectivity index (χ1v) is 19.6. The van der Waals surface area contributed by atoms with E-state index in [2.05, 4.69) is 149 Å². The summed E-state index contributed by atoms with van der Waals surface area (Å²) in [5, 5.41) is 16.3. The molecule has 6 heteroatoms. The number of hydrogen-bond donors (Lipinski definition) is 0. The highest BCUT2D eigenvalue weighted by atomic mass is 16.3. The molecule has 0 amide bonds. The summed E-state index contributed by atoms with van der Waals surface area (Å²) in [4.78, 5) is 10.6. The third kappa shape index (κ3) is 5.19. The molecule has 6 nitrogen and oxygen atoms in total. The van der Waals surface area contributed by atoms with E-state index in [0.717, 1.165) is 83.1 Å². The van der Waals surface area contributed by atoms with Crippen LogP contribution in [0.4, 0.5) is 0 Å². The maximum atomic E-state index is 9.57. The van der Waals surface area contributed by atoms with Crippen molar-refractivity contribution in [1.82, 2.24) is 19.1 Å². The Hall–Kier alpha value is -8.27. The summed E-state index contributed by atoms with van der Waals surface area (Å²) in [6.45, 7) is 0. The summed E-state index contributed by atoms with van der Waals surface area (Å²) < 4.78 is 10.7. The average Bonchev–Trinajstić information content (AvgIpc) is 3.96. The van der Waals surface area contributed by atoms with Crippen LogP contribution in [0.2, 0.25) is 0 Å². The number of benzene rings is 8. The Labute approximate surface area is 338 Å². The molecule has 0 radical (unpaired) electrons. The molecule has 0 saturated carbocycles. The molecule has 0 aliphatic carbocycles. The lowest BCUT2D eigenvalue weighted by atomic mass is 10.0. The van der Waals surface area contributed by atoms with Gasteiger partial charge in [0.1, 0.15) is 11.2 Å².